The zero-order valence-electron chi connectivity index (χ0n) is 14.9. The molecular weight excluding hydrogens is 346 g/mol. The second-order valence-corrected chi connectivity index (χ2v) is 8.29. The molecule has 26 heavy (non-hydrogen) atoms. The number of nitrogens with one attached hydrogen (secondary N) is 2. The zero-order valence-corrected chi connectivity index (χ0v) is 15.7. The summed E-state index contributed by atoms with van der Waals surface area (Å²) in [6.07, 6.45) is 6.89. The van der Waals surface area contributed by atoms with E-state index in [0.29, 0.717) is 27.9 Å². The quantitative estimate of drug-likeness (QED) is 0.688. The SMILES string of the molecule is Cc1ccccc1NC(=O)C(C)c1sc(NC2CC3C=CC2C3)nc1O. The number of carbonyl (C=O) groups is 1. The van der Waals surface area contributed by atoms with Gasteiger partial charge in [0.25, 0.3) is 0 Å². The van der Waals surface area contributed by atoms with Gasteiger partial charge in [-0.25, -0.2) is 0 Å². The smallest absolute Gasteiger partial charge is 0.232 e. The molecule has 1 fully saturated rings. The second-order valence-electron chi connectivity index (χ2n) is 7.26. The maximum Gasteiger partial charge on any atom is 0.232 e. The number of para-hydroxylation sites is 1. The molecule has 1 heterocycles. The first-order chi connectivity index (χ1) is 12.5. The third-order valence-electron chi connectivity index (χ3n) is 5.41. The first kappa shape index (κ1) is 17.1. The number of allylic oxidation sites excluding steroid dienone is 1. The Hall–Kier alpha value is -2.34. The highest BCUT2D eigenvalue weighted by molar-refractivity contribution is 7.16. The molecule has 0 aliphatic heterocycles. The Kier molecular flexibility index (Phi) is 4.44. The van der Waals surface area contributed by atoms with Crippen LogP contribution >= 0.6 is 11.3 Å². The van der Waals surface area contributed by atoms with Gasteiger partial charge in [0, 0.05) is 11.7 Å². The van der Waals surface area contributed by atoms with E-state index in [-0.39, 0.29) is 11.8 Å². The fourth-order valence-corrected chi connectivity index (χ4v) is 4.82. The fourth-order valence-electron chi connectivity index (χ4n) is 3.85. The van der Waals surface area contributed by atoms with E-state index in [4.69, 9.17) is 0 Å². The van der Waals surface area contributed by atoms with Gasteiger partial charge in [0.2, 0.25) is 11.8 Å². The summed E-state index contributed by atoms with van der Waals surface area (Å²) >= 11 is 1.37. The van der Waals surface area contributed by atoms with Crippen LogP contribution in [0.5, 0.6) is 5.88 Å². The molecule has 2 bridgehead atoms. The van der Waals surface area contributed by atoms with Gasteiger partial charge in [-0.2, -0.15) is 4.98 Å². The predicted octanol–water partition coefficient (Wildman–Crippen LogP) is 4.28. The lowest BCUT2D eigenvalue weighted by Gasteiger charge is -2.18. The van der Waals surface area contributed by atoms with Gasteiger partial charge in [-0.15, -0.1) is 0 Å². The van der Waals surface area contributed by atoms with E-state index >= 15 is 0 Å². The lowest BCUT2D eigenvalue weighted by Crippen LogP contribution is -2.23. The van der Waals surface area contributed by atoms with Crippen molar-refractivity contribution < 1.29 is 9.90 Å². The maximum absolute atomic E-state index is 12.6. The highest BCUT2D eigenvalue weighted by Crippen LogP contribution is 2.42. The van der Waals surface area contributed by atoms with Crippen LogP contribution < -0.4 is 10.6 Å². The number of aromatic nitrogens is 1. The monoisotopic (exact) mass is 369 g/mol. The minimum Gasteiger partial charge on any atom is -0.492 e. The summed E-state index contributed by atoms with van der Waals surface area (Å²) in [6, 6.07) is 8.04. The van der Waals surface area contributed by atoms with Gasteiger partial charge in [0.05, 0.1) is 10.8 Å². The lowest BCUT2D eigenvalue weighted by molar-refractivity contribution is -0.117. The molecule has 6 heteroatoms. The number of aromatic hydroxyl groups is 1. The molecule has 136 valence electrons. The Bertz CT molecular complexity index is 860. The molecule has 2 aliphatic rings. The standard InChI is InChI=1S/C20H23N3O2S/c1-11-5-3-4-6-15(11)21-18(24)12(2)17-19(25)23-20(26-17)22-16-10-13-7-8-14(16)9-13/h3-8,12-14,16,25H,9-10H2,1-2H3,(H,21,24)(H,22,23). The van der Waals surface area contributed by atoms with E-state index in [1.807, 2.05) is 31.2 Å². The van der Waals surface area contributed by atoms with E-state index in [9.17, 15) is 9.90 Å². The molecule has 4 atom stereocenters. The molecular formula is C20H23N3O2S. The van der Waals surface area contributed by atoms with Gasteiger partial charge < -0.3 is 15.7 Å². The van der Waals surface area contributed by atoms with Crippen molar-refractivity contribution in [2.24, 2.45) is 11.8 Å². The first-order valence-electron chi connectivity index (χ1n) is 9.02. The van der Waals surface area contributed by atoms with Crippen LogP contribution in [0, 0.1) is 18.8 Å². The largest absolute Gasteiger partial charge is 0.492 e. The fraction of sp³-hybridized carbons (Fsp3) is 0.400. The molecule has 0 radical (unpaired) electrons. The highest BCUT2D eigenvalue weighted by atomic mass is 32.1. The second kappa shape index (κ2) is 6.76. The summed E-state index contributed by atoms with van der Waals surface area (Å²) in [5.41, 5.74) is 1.80. The number of hydrogen-bond donors (Lipinski definition) is 3. The Morgan fingerprint density at radius 3 is 2.81 bits per heavy atom. The number of carbonyl (C=O) groups excluding carboxylic acids is 1. The van der Waals surface area contributed by atoms with Crippen LogP contribution in [0.1, 0.15) is 36.1 Å². The third-order valence-corrected chi connectivity index (χ3v) is 6.57. The minimum atomic E-state index is -0.470. The van der Waals surface area contributed by atoms with E-state index in [0.717, 1.165) is 17.7 Å². The summed E-state index contributed by atoms with van der Waals surface area (Å²) in [5, 5.41) is 17.3. The molecule has 0 saturated heterocycles. The Morgan fingerprint density at radius 1 is 1.31 bits per heavy atom. The van der Waals surface area contributed by atoms with Crippen LogP contribution in [0.25, 0.3) is 0 Å². The molecule has 1 aromatic carbocycles. The summed E-state index contributed by atoms with van der Waals surface area (Å²) in [5.74, 6) is 0.555. The van der Waals surface area contributed by atoms with Gasteiger partial charge in [-0.05, 0) is 50.2 Å². The Morgan fingerprint density at radius 2 is 2.12 bits per heavy atom. The summed E-state index contributed by atoms with van der Waals surface area (Å²) in [4.78, 5) is 17.4. The Labute approximate surface area is 157 Å². The number of fused-ring (bicyclic) bond motifs is 2. The van der Waals surface area contributed by atoms with Gasteiger partial charge in [-0.1, -0.05) is 41.7 Å². The van der Waals surface area contributed by atoms with E-state index in [1.165, 1.54) is 17.8 Å². The zero-order chi connectivity index (χ0) is 18.3. The van der Waals surface area contributed by atoms with Crippen molar-refractivity contribution in [2.45, 2.75) is 38.6 Å². The average molecular weight is 369 g/mol. The van der Waals surface area contributed by atoms with Crippen molar-refractivity contribution in [3.8, 4) is 5.88 Å². The predicted molar refractivity (Wildman–Crippen MR) is 105 cm³/mol. The van der Waals surface area contributed by atoms with Crippen molar-refractivity contribution >= 4 is 28.1 Å². The van der Waals surface area contributed by atoms with Crippen molar-refractivity contribution in [2.75, 3.05) is 10.6 Å². The molecule has 1 saturated carbocycles. The van der Waals surface area contributed by atoms with Crippen LogP contribution in [0.15, 0.2) is 36.4 Å². The molecule has 1 amide bonds. The number of nitrogens with zero attached hydrogens (tertiary/aromatic N) is 1. The maximum atomic E-state index is 12.6. The van der Waals surface area contributed by atoms with Crippen LogP contribution in [-0.4, -0.2) is 22.0 Å². The number of rotatable bonds is 5. The Balaban J connectivity index is 1.45. The van der Waals surface area contributed by atoms with Gasteiger partial charge in [-0.3, -0.25) is 4.79 Å². The summed E-state index contributed by atoms with van der Waals surface area (Å²) in [6.45, 7) is 3.75. The summed E-state index contributed by atoms with van der Waals surface area (Å²) in [7, 11) is 0. The van der Waals surface area contributed by atoms with E-state index < -0.39 is 5.92 Å². The number of amides is 1. The molecule has 2 aromatic rings. The van der Waals surface area contributed by atoms with Gasteiger partial charge in [0.1, 0.15) is 0 Å². The van der Waals surface area contributed by atoms with Gasteiger partial charge in [0.15, 0.2) is 5.13 Å². The topological polar surface area (TPSA) is 74.2 Å². The number of benzene rings is 1. The highest BCUT2D eigenvalue weighted by Gasteiger charge is 2.36. The van der Waals surface area contributed by atoms with Crippen molar-refractivity contribution in [3.05, 3.63) is 46.9 Å². The van der Waals surface area contributed by atoms with Gasteiger partial charge >= 0.3 is 0 Å². The van der Waals surface area contributed by atoms with Crippen LogP contribution in [0.3, 0.4) is 0 Å². The molecule has 1 aromatic heterocycles. The van der Waals surface area contributed by atoms with Crippen molar-refractivity contribution in [1.29, 1.82) is 0 Å². The van der Waals surface area contributed by atoms with Crippen molar-refractivity contribution in [3.63, 3.8) is 0 Å². The third kappa shape index (κ3) is 3.21. The van der Waals surface area contributed by atoms with Crippen molar-refractivity contribution in [1.82, 2.24) is 4.98 Å². The molecule has 0 spiro atoms. The summed E-state index contributed by atoms with van der Waals surface area (Å²) < 4.78 is 0. The normalized spacial score (nSPS) is 24.6. The molecule has 3 N–H and O–H groups in total. The number of thiazole rings is 1. The number of hydrogen-bond acceptors (Lipinski definition) is 5. The molecule has 2 aliphatic carbocycles. The number of anilines is 2. The van der Waals surface area contributed by atoms with E-state index in [2.05, 4.69) is 27.8 Å². The number of aryl methyl sites for hydroxylation is 1. The average Bonchev–Trinajstić information content (AvgIpc) is 3.32. The first-order valence-corrected chi connectivity index (χ1v) is 9.84. The van der Waals surface area contributed by atoms with Crippen LogP contribution in [0.2, 0.25) is 0 Å². The van der Waals surface area contributed by atoms with E-state index in [1.54, 1.807) is 6.92 Å². The molecule has 5 nitrogen and oxygen atoms in total. The molecule has 4 unspecified atom stereocenters. The van der Waals surface area contributed by atoms with Crippen LogP contribution in [-0.2, 0) is 4.79 Å². The minimum absolute atomic E-state index is 0.0522. The molecule has 4 rings (SSSR count). The lowest BCUT2D eigenvalue weighted by atomic mass is 10.0. The van der Waals surface area contributed by atoms with Crippen LogP contribution in [0.4, 0.5) is 10.8 Å².